The number of esters is 1. The van der Waals surface area contributed by atoms with E-state index in [1.165, 1.54) is 0 Å². The zero-order valence-corrected chi connectivity index (χ0v) is 10.9. The van der Waals surface area contributed by atoms with E-state index in [1.807, 2.05) is 6.92 Å². The van der Waals surface area contributed by atoms with E-state index in [0.717, 1.165) is 12.8 Å². The Bertz CT molecular complexity index is 185. The lowest BCUT2D eigenvalue weighted by Gasteiger charge is -2.16. The van der Waals surface area contributed by atoms with Crippen LogP contribution >= 0.6 is 0 Å². The highest BCUT2D eigenvalue weighted by Gasteiger charge is 2.17. The average Bonchev–Trinajstić information content (AvgIpc) is 2.25. The van der Waals surface area contributed by atoms with E-state index < -0.39 is 0 Å². The molecular formula is C12H25NO3. The standard InChI is InChI=1S/C12H25NO3/c1-5-7-10(3)16-9-8-11(13-4)12(14)15-6-2/h10-11,13H,5-9H2,1-4H3. The van der Waals surface area contributed by atoms with Gasteiger partial charge < -0.3 is 14.8 Å². The molecule has 0 amide bonds. The highest BCUT2D eigenvalue weighted by atomic mass is 16.5. The van der Waals surface area contributed by atoms with Crippen LogP contribution in [-0.2, 0) is 14.3 Å². The molecule has 0 saturated heterocycles. The largest absolute Gasteiger partial charge is 0.465 e. The summed E-state index contributed by atoms with van der Waals surface area (Å²) < 4.78 is 10.5. The SMILES string of the molecule is CCCC(C)OCCC(NC)C(=O)OCC. The van der Waals surface area contributed by atoms with Crippen molar-refractivity contribution in [3.8, 4) is 0 Å². The van der Waals surface area contributed by atoms with E-state index in [9.17, 15) is 4.79 Å². The third kappa shape index (κ3) is 6.80. The first-order chi connectivity index (χ1) is 7.65. The lowest BCUT2D eigenvalue weighted by atomic mass is 10.2. The fraction of sp³-hybridized carbons (Fsp3) is 0.917. The van der Waals surface area contributed by atoms with Crippen molar-refractivity contribution in [2.45, 2.75) is 52.2 Å². The summed E-state index contributed by atoms with van der Waals surface area (Å²) in [5.74, 6) is -0.197. The molecule has 0 aromatic carbocycles. The molecule has 0 aromatic rings. The summed E-state index contributed by atoms with van der Waals surface area (Å²) in [4.78, 5) is 11.4. The van der Waals surface area contributed by atoms with Crippen molar-refractivity contribution in [2.24, 2.45) is 0 Å². The summed E-state index contributed by atoms with van der Waals surface area (Å²) in [5.41, 5.74) is 0. The minimum Gasteiger partial charge on any atom is -0.465 e. The normalized spacial score (nSPS) is 14.5. The summed E-state index contributed by atoms with van der Waals surface area (Å²) in [6, 6.07) is -0.256. The van der Waals surface area contributed by atoms with Crippen LogP contribution in [0.15, 0.2) is 0 Å². The second kappa shape index (κ2) is 9.60. The van der Waals surface area contributed by atoms with Crippen LogP contribution in [0.1, 0.15) is 40.0 Å². The van der Waals surface area contributed by atoms with E-state index in [2.05, 4.69) is 19.2 Å². The number of likely N-dealkylation sites (N-methyl/N-ethyl adjacent to an activating group) is 1. The number of rotatable bonds is 9. The molecule has 2 atom stereocenters. The molecule has 4 nitrogen and oxygen atoms in total. The predicted octanol–water partition coefficient (Wildman–Crippen LogP) is 1.73. The van der Waals surface area contributed by atoms with Gasteiger partial charge in [0, 0.05) is 6.61 Å². The highest BCUT2D eigenvalue weighted by molar-refractivity contribution is 5.75. The van der Waals surface area contributed by atoms with Crippen LogP contribution in [0.3, 0.4) is 0 Å². The van der Waals surface area contributed by atoms with Gasteiger partial charge in [0.1, 0.15) is 6.04 Å². The molecule has 96 valence electrons. The average molecular weight is 231 g/mol. The maximum Gasteiger partial charge on any atom is 0.323 e. The van der Waals surface area contributed by atoms with Gasteiger partial charge >= 0.3 is 5.97 Å². The van der Waals surface area contributed by atoms with Crippen molar-refractivity contribution in [2.75, 3.05) is 20.3 Å². The van der Waals surface area contributed by atoms with Gasteiger partial charge in [-0.05, 0) is 33.7 Å². The van der Waals surface area contributed by atoms with Crippen LogP contribution in [0.25, 0.3) is 0 Å². The molecule has 0 spiro atoms. The van der Waals surface area contributed by atoms with Crippen LogP contribution in [-0.4, -0.2) is 38.4 Å². The molecule has 2 unspecified atom stereocenters. The molecule has 0 bridgehead atoms. The van der Waals surface area contributed by atoms with Crippen LogP contribution in [0.5, 0.6) is 0 Å². The van der Waals surface area contributed by atoms with E-state index in [-0.39, 0.29) is 18.1 Å². The Morgan fingerprint density at radius 2 is 2.00 bits per heavy atom. The minimum atomic E-state index is -0.256. The van der Waals surface area contributed by atoms with Crippen molar-refractivity contribution in [1.29, 1.82) is 0 Å². The highest BCUT2D eigenvalue weighted by Crippen LogP contribution is 2.03. The first kappa shape index (κ1) is 15.4. The number of hydrogen-bond acceptors (Lipinski definition) is 4. The first-order valence-corrected chi connectivity index (χ1v) is 6.11. The summed E-state index contributed by atoms with van der Waals surface area (Å²) in [6.45, 7) is 7.01. The summed E-state index contributed by atoms with van der Waals surface area (Å²) in [6.07, 6.45) is 3.10. The lowest BCUT2D eigenvalue weighted by Crippen LogP contribution is -2.36. The van der Waals surface area contributed by atoms with Gasteiger partial charge in [-0.15, -0.1) is 0 Å². The smallest absolute Gasteiger partial charge is 0.323 e. The Morgan fingerprint density at radius 1 is 1.31 bits per heavy atom. The van der Waals surface area contributed by atoms with Gasteiger partial charge in [-0.3, -0.25) is 4.79 Å². The Morgan fingerprint density at radius 3 is 2.50 bits per heavy atom. The van der Waals surface area contributed by atoms with Crippen molar-refractivity contribution in [1.82, 2.24) is 5.32 Å². The molecule has 0 saturated carbocycles. The van der Waals surface area contributed by atoms with Crippen molar-refractivity contribution in [3.05, 3.63) is 0 Å². The summed E-state index contributed by atoms with van der Waals surface area (Å²) >= 11 is 0. The first-order valence-electron chi connectivity index (χ1n) is 6.11. The summed E-state index contributed by atoms with van der Waals surface area (Å²) in [7, 11) is 1.76. The second-order valence-electron chi connectivity index (χ2n) is 3.85. The van der Waals surface area contributed by atoms with Gasteiger partial charge in [0.05, 0.1) is 12.7 Å². The van der Waals surface area contributed by atoms with E-state index >= 15 is 0 Å². The number of hydrogen-bond donors (Lipinski definition) is 1. The van der Waals surface area contributed by atoms with E-state index in [1.54, 1.807) is 7.05 Å². The maximum atomic E-state index is 11.4. The molecule has 0 aliphatic carbocycles. The third-order valence-corrected chi connectivity index (χ3v) is 2.42. The van der Waals surface area contributed by atoms with Crippen molar-refractivity contribution >= 4 is 5.97 Å². The molecule has 0 aliphatic heterocycles. The third-order valence-electron chi connectivity index (χ3n) is 2.42. The Kier molecular flexibility index (Phi) is 9.24. The summed E-state index contributed by atoms with van der Waals surface area (Å²) in [5, 5.41) is 2.94. The fourth-order valence-electron chi connectivity index (χ4n) is 1.50. The van der Waals surface area contributed by atoms with E-state index in [4.69, 9.17) is 9.47 Å². The molecule has 0 aromatic heterocycles. The number of carbonyl (C=O) groups excluding carboxylic acids is 1. The lowest BCUT2D eigenvalue weighted by molar-refractivity contribution is -0.146. The quantitative estimate of drug-likeness (QED) is 0.614. The Balaban J connectivity index is 3.74. The molecule has 1 N–H and O–H groups in total. The zero-order chi connectivity index (χ0) is 12.4. The number of nitrogens with one attached hydrogen (secondary N) is 1. The van der Waals surface area contributed by atoms with Gasteiger partial charge in [-0.1, -0.05) is 13.3 Å². The topological polar surface area (TPSA) is 47.6 Å². The molecular weight excluding hydrogens is 206 g/mol. The van der Waals surface area contributed by atoms with Gasteiger partial charge in [0.25, 0.3) is 0 Å². The predicted molar refractivity (Wildman–Crippen MR) is 64.4 cm³/mol. The molecule has 0 radical (unpaired) electrons. The molecule has 0 fully saturated rings. The fourth-order valence-corrected chi connectivity index (χ4v) is 1.50. The van der Waals surface area contributed by atoms with Crippen LogP contribution in [0.2, 0.25) is 0 Å². The van der Waals surface area contributed by atoms with Crippen LogP contribution in [0, 0.1) is 0 Å². The van der Waals surface area contributed by atoms with Crippen molar-refractivity contribution in [3.63, 3.8) is 0 Å². The van der Waals surface area contributed by atoms with Gasteiger partial charge in [0.15, 0.2) is 0 Å². The van der Waals surface area contributed by atoms with Crippen LogP contribution < -0.4 is 5.32 Å². The zero-order valence-electron chi connectivity index (χ0n) is 10.9. The number of ether oxygens (including phenoxy) is 2. The Hall–Kier alpha value is -0.610. The van der Waals surface area contributed by atoms with Crippen LogP contribution in [0.4, 0.5) is 0 Å². The Labute approximate surface area is 98.7 Å². The monoisotopic (exact) mass is 231 g/mol. The molecule has 0 heterocycles. The minimum absolute atomic E-state index is 0.197. The molecule has 16 heavy (non-hydrogen) atoms. The molecule has 0 aliphatic rings. The van der Waals surface area contributed by atoms with Gasteiger partial charge in [-0.25, -0.2) is 0 Å². The second-order valence-corrected chi connectivity index (χ2v) is 3.85. The van der Waals surface area contributed by atoms with Gasteiger partial charge in [0.2, 0.25) is 0 Å². The number of carbonyl (C=O) groups is 1. The van der Waals surface area contributed by atoms with E-state index in [0.29, 0.717) is 19.6 Å². The molecule has 0 rings (SSSR count). The maximum absolute atomic E-state index is 11.4. The molecule has 4 heteroatoms. The van der Waals surface area contributed by atoms with Gasteiger partial charge in [-0.2, -0.15) is 0 Å². The van der Waals surface area contributed by atoms with Crippen molar-refractivity contribution < 1.29 is 14.3 Å².